The fourth-order valence-electron chi connectivity index (χ4n) is 2.71. The molecule has 110 valence electrons. The molecule has 1 aliphatic rings. The Morgan fingerprint density at radius 1 is 1.25 bits per heavy atom. The van der Waals surface area contributed by atoms with Gasteiger partial charge in [-0.05, 0) is 38.2 Å². The third-order valence-corrected chi connectivity index (χ3v) is 3.89. The highest BCUT2D eigenvalue weighted by Crippen LogP contribution is 2.23. The largest absolute Gasteiger partial charge is 0.445 e. The second kappa shape index (κ2) is 7.29. The van der Waals surface area contributed by atoms with E-state index in [4.69, 9.17) is 4.74 Å². The van der Waals surface area contributed by atoms with Crippen molar-refractivity contribution in [3.05, 3.63) is 35.9 Å². The maximum Gasteiger partial charge on any atom is 0.410 e. The molecule has 1 aromatic rings. The number of carbonyl (C=O) groups is 1. The van der Waals surface area contributed by atoms with Crippen LogP contribution in [0.4, 0.5) is 4.79 Å². The number of hydrogen-bond acceptors (Lipinski definition) is 3. The maximum absolute atomic E-state index is 12.2. The summed E-state index contributed by atoms with van der Waals surface area (Å²) in [5.41, 5.74) is 0.996. The van der Waals surface area contributed by atoms with Gasteiger partial charge in [-0.3, -0.25) is 0 Å². The van der Waals surface area contributed by atoms with Crippen LogP contribution >= 0.6 is 0 Å². The zero-order valence-electron chi connectivity index (χ0n) is 12.0. The van der Waals surface area contributed by atoms with E-state index in [-0.39, 0.29) is 18.2 Å². The Balaban J connectivity index is 1.86. The lowest BCUT2D eigenvalue weighted by Gasteiger charge is -2.34. The average Bonchev–Trinajstić information content (AvgIpc) is 2.49. The maximum atomic E-state index is 12.2. The van der Waals surface area contributed by atoms with Crippen LogP contribution in [-0.4, -0.2) is 34.8 Å². The van der Waals surface area contributed by atoms with Gasteiger partial charge in [0.1, 0.15) is 6.61 Å². The molecule has 0 unspecified atom stereocenters. The summed E-state index contributed by atoms with van der Waals surface area (Å²) in [6.45, 7) is 2.93. The molecule has 1 aromatic carbocycles. The lowest BCUT2D eigenvalue weighted by atomic mass is 9.92. The molecular formula is C16H23NO3. The summed E-state index contributed by atoms with van der Waals surface area (Å²) >= 11 is 0. The third kappa shape index (κ3) is 3.97. The minimum Gasteiger partial charge on any atom is -0.445 e. The topological polar surface area (TPSA) is 49.8 Å². The van der Waals surface area contributed by atoms with Crippen molar-refractivity contribution in [1.82, 2.24) is 4.90 Å². The fraction of sp³-hybridized carbons (Fsp3) is 0.562. The molecule has 2 rings (SSSR count). The Labute approximate surface area is 120 Å². The normalized spacial score (nSPS) is 22.3. The summed E-state index contributed by atoms with van der Waals surface area (Å²) in [4.78, 5) is 14.0. The second-order valence-corrected chi connectivity index (χ2v) is 5.29. The first-order chi connectivity index (χ1) is 9.70. The molecule has 4 nitrogen and oxygen atoms in total. The summed E-state index contributed by atoms with van der Waals surface area (Å²) in [5.74, 6) is 0. The van der Waals surface area contributed by atoms with Crippen molar-refractivity contribution in [2.75, 3.05) is 6.54 Å². The smallest absolute Gasteiger partial charge is 0.410 e. The van der Waals surface area contributed by atoms with Gasteiger partial charge in [0, 0.05) is 12.6 Å². The first-order valence-electron chi connectivity index (χ1n) is 7.36. The zero-order valence-corrected chi connectivity index (χ0v) is 12.0. The second-order valence-electron chi connectivity index (χ2n) is 5.29. The summed E-state index contributed by atoms with van der Waals surface area (Å²) in [6, 6.07) is 9.90. The molecule has 0 heterocycles. The molecule has 0 bridgehead atoms. The van der Waals surface area contributed by atoms with Crippen molar-refractivity contribution in [2.24, 2.45) is 0 Å². The summed E-state index contributed by atoms with van der Waals surface area (Å²) in [6.07, 6.45) is 2.80. The quantitative estimate of drug-likeness (QED) is 0.920. The fourth-order valence-corrected chi connectivity index (χ4v) is 2.71. The number of carbonyl (C=O) groups excluding carboxylic acids is 1. The Bertz CT molecular complexity index is 413. The van der Waals surface area contributed by atoms with E-state index in [1.807, 2.05) is 37.3 Å². The van der Waals surface area contributed by atoms with Gasteiger partial charge in [-0.1, -0.05) is 30.3 Å². The van der Waals surface area contributed by atoms with Crippen molar-refractivity contribution in [3.8, 4) is 0 Å². The van der Waals surface area contributed by atoms with Crippen LogP contribution in [0.25, 0.3) is 0 Å². The van der Waals surface area contributed by atoms with E-state index in [2.05, 4.69) is 0 Å². The van der Waals surface area contributed by atoms with Gasteiger partial charge in [-0.25, -0.2) is 4.79 Å². The Morgan fingerprint density at radius 2 is 1.90 bits per heavy atom. The van der Waals surface area contributed by atoms with Crippen molar-refractivity contribution >= 4 is 6.09 Å². The van der Waals surface area contributed by atoms with Crippen molar-refractivity contribution < 1.29 is 14.6 Å². The lowest BCUT2D eigenvalue weighted by molar-refractivity contribution is 0.0515. The molecule has 0 aromatic heterocycles. The van der Waals surface area contributed by atoms with Gasteiger partial charge in [0.05, 0.1) is 6.10 Å². The van der Waals surface area contributed by atoms with Gasteiger partial charge >= 0.3 is 6.09 Å². The number of hydrogen-bond donors (Lipinski definition) is 1. The van der Waals surface area contributed by atoms with Crippen molar-refractivity contribution in [3.63, 3.8) is 0 Å². The highest BCUT2D eigenvalue weighted by atomic mass is 16.6. The number of amides is 1. The van der Waals surface area contributed by atoms with Crippen LogP contribution in [0.15, 0.2) is 30.3 Å². The van der Waals surface area contributed by atoms with Crippen LogP contribution in [0.1, 0.15) is 38.2 Å². The van der Waals surface area contributed by atoms with E-state index in [1.54, 1.807) is 4.90 Å². The van der Waals surface area contributed by atoms with E-state index in [1.165, 1.54) is 0 Å². The van der Waals surface area contributed by atoms with Crippen LogP contribution < -0.4 is 0 Å². The van der Waals surface area contributed by atoms with Crippen molar-refractivity contribution in [2.45, 2.75) is 51.4 Å². The minimum absolute atomic E-state index is 0.201. The Morgan fingerprint density at radius 3 is 2.50 bits per heavy atom. The van der Waals surface area contributed by atoms with Gasteiger partial charge in [-0.2, -0.15) is 0 Å². The predicted molar refractivity (Wildman–Crippen MR) is 77.3 cm³/mol. The number of nitrogens with zero attached hydrogens (tertiary/aromatic N) is 1. The Hall–Kier alpha value is -1.55. The predicted octanol–water partition coefficient (Wildman–Crippen LogP) is 2.95. The van der Waals surface area contributed by atoms with Crippen LogP contribution in [0.5, 0.6) is 0 Å². The molecule has 1 aliphatic carbocycles. The van der Waals surface area contributed by atoms with Gasteiger partial charge in [0.15, 0.2) is 0 Å². The number of ether oxygens (including phenoxy) is 1. The number of aliphatic hydroxyl groups excluding tert-OH is 1. The molecule has 0 spiro atoms. The highest BCUT2D eigenvalue weighted by Gasteiger charge is 2.27. The molecule has 0 atom stereocenters. The zero-order chi connectivity index (χ0) is 14.4. The SMILES string of the molecule is CCN(C(=O)OCc1ccccc1)[C@H]1CC[C@H](O)CC1. The molecule has 1 N–H and O–H groups in total. The van der Waals surface area contributed by atoms with E-state index < -0.39 is 0 Å². The molecule has 20 heavy (non-hydrogen) atoms. The molecule has 0 radical (unpaired) electrons. The first-order valence-corrected chi connectivity index (χ1v) is 7.36. The lowest BCUT2D eigenvalue weighted by Crippen LogP contribution is -2.43. The standard InChI is InChI=1S/C16H23NO3/c1-2-17(14-8-10-15(18)11-9-14)16(19)20-12-13-6-4-3-5-7-13/h3-7,14-15,18H,2,8-12H2,1H3/t14-,15-. The van der Waals surface area contributed by atoms with Crippen LogP contribution in [0.3, 0.4) is 0 Å². The van der Waals surface area contributed by atoms with Crippen LogP contribution in [0.2, 0.25) is 0 Å². The van der Waals surface area contributed by atoms with E-state index in [9.17, 15) is 9.90 Å². The van der Waals surface area contributed by atoms with E-state index in [0.29, 0.717) is 13.2 Å². The van der Waals surface area contributed by atoms with Crippen LogP contribution in [0, 0.1) is 0 Å². The number of rotatable bonds is 4. The highest BCUT2D eigenvalue weighted by molar-refractivity contribution is 5.68. The number of benzene rings is 1. The summed E-state index contributed by atoms with van der Waals surface area (Å²) < 4.78 is 5.39. The van der Waals surface area contributed by atoms with Crippen molar-refractivity contribution in [1.29, 1.82) is 0 Å². The summed E-state index contributed by atoms with van der Waals surface area (Å²) in [5, 5.41) is 9.54. The molecule has 1 amide bonds. The molecule has 1 saturated carbocycles. The third-order valence-electron chi connectivity index (χ3n) is 3.89. The van der Waals surface area contributed by atoms with Gasteiger partial charge < -0.3 is 14.7 Å². The van der Waals surface area contributed by atoms with E-state index in [0.717, 1.165) is 31.2 Å². The monoisotopic (exact) mass is 277 g/mol. The molecule has 0 saturated heterocycles. The first kappa shape index (κ1) is 14.9. The Kier molecular flexibility index (Phi) is 5.41. The molecule has 0 aliphatic heterocycles. The number of aliphatic hydroxyl groups is 1. The van der Waals surface area contributed by atoms with E-state index >= 15 is 0 Å². The van der Waals surface area contributed by atoms with Gasteiger partial charge in [-0.15, -0.1) is 0 Å². The average molecular weight is 277 g/mol. The van der Waals surface area contributed by atoms with Gasteiger partial charge in [0.25, 0.3) is 0 Å². The molecular weight excluding hydrogens is 254 g/mol. The molecule has 4 heteroatoms. The molecule has 1 fully saturated rings. The minimum atomic E-state index is -0.252. The van der Waals surface area contributed by atoms with Gasteiger partial charge in [0.2, 0.25) is 0 Å². The summed E-state index contributed by atoms with van der Waals surface area (Å²) in [7, 11) is 0. The van der Waals surface area contributed by atoms with Crippen LogP contribution in [-0.2, 0) is 11.3 Å².